The second kappa shape index (κ2) is 2.36. The van der Waals surface area contributed by atoms with Crippen molar-refractivity contribution in [3.63, 3.8) is 0 Å². The van der Waals surface area contributed by atoms with Crippen molar-refractivity contribution < 1.29 is 0 Å². The second-order valence-corrected chi connectivity index (χ2v) is 7.30. The molecule has 4 radical (unpaired) electrons. The molecule has 0 aromatic carbocycles. The third-order valence-electron chi connectivity index (χ3n) is 6.14. The van der Waals surface area contributed by atoms with E-state index in [1.165, 1.54) is 32.1 Å². The number of hydrogen-bond acceptors (Lipinski definition) is 0. The quantitative estimate of drug-likeness (QED) is 0.568. The highest BCUT2D eigenvalue weighted by Crippen LogP contribution is 2.88. The summed E-state index contributed by atoms with van der Waals surface area (Å²) >= 11 is 0. The lowest BCUT2D eigenvalue weighted by Crippen LogP contribution is -2.55. The Hall–Kier alpha value is 0.130. The van der Waals surface area contributed by atoms with Crippen LogP contribution < -0.4 is 0 Å². The molecule has 0 heterocycles. The molecule has 3 atom stereocenters. The predicted molar refractivity (Wildman–Crippen MR) is 65.1 cm³/mol. The van der Waals surface area contributed by atoms with Crippen LogP contribution in [0.5, 0.6) is 0 Å². The largest absolute Gasteiger partial charge is 0.0884 e. The van der Waals surface area contributed by atoms with E-state index in [4.69, 9.17) is 15.7 Å². The molecule has 1 spiro atoms. The Morgan fingerprint density at radius 3 is 2.07 bits per heavy atom. The normalized spacial score (nSPS) is 48.1. The molecule has 78 valence electrons. The molecule has 3 rings (SSSR count). The van der Waals surface area contributed by atoms with E-state index in [1.807, 2.05) is 0 Å². The highest BCUT2D eigenvalue weighted by molar-refractivity contribution is 6.41. The van der Waals surface area contributed by atoms with Gasteiger partial charge in [-0.3, -0.25) is 0 Å². The van der Waals surface area contributed by atoms with Crippen molar-refractivity contribution >= 4 is 15.7 Å². The third-order valence-corrected chi connectivity index (χ3v) is 6.14. The summed E-state index contributed by atoms with van der Waals surface area (Å²) in [5.74, 6) is 0.972. The van der Waals surface area contributed by atoms with Crippen LogP contribution >= 0.6 is 0 Å². The maximum absolute atomic E-state index is 6.56. The molecule has 3 saturated carbocycles. The van der Waals surface area contributed by atoms with Crippen LogP contribution in [0.1, 0.15) is 52.9 Å². The average Bonchev–Trinajstić information content (AvgIpc) is 2.73. The van der Waals surface area contributed by atoms with Crippen molar-refractivity contribution in [2.75, 3.05) is 0 Å². The Morgan fingerprint density at radius 2 is 1.73 bits per heavy atom. The monoisotopic (exact) mass is 198 g/mol. The van der Waals surface area contributed by atoms with E-state index in [0.717, 1.165) is 5.92 Å². The lowest BCUT2D eigenvalue weighted by molar-refractivity contribution is -0.0363. The molecule has 15 heavy (non-hydrogen) atoms. The molecule has 3 unspecified atom stereocenters. The Bertz CT molecular complexity index is 309. The molecule has 2 heteroatoms. The molecule has 0 aliphatic heterocycles. The lowest BCUT2D eigenvalue weighted by Gasteiger charge is -2.64. The van der Waals surface area contributed by atoms with Gasteiger partial charge >= 0.3 is 0 Å². The molecule has 0 saturated heterocycles. The van der Waals surface area contributed by atoms with Crippen molar-refractivity contribution in [1.29, 1.82) is 0 Å². The number of rotatable bonds is 1. The summed E-state index contributed by atoms with van der Waals surface area (Å²) in [7, 11) is 13.1. The van der Waals surface area contributed by atoms with E-state index >= 15 is 0 Å². The van der Waals surface area contributed by atoms with Gasteiger partial charge in [0.25, 0.3) is 0 Å². The van der Waals surface area contributed by atoms with Crippen LogP contribution in [0.3, 0.4) is 0 Å². The minimum Gasteiger partial charge on any atom is -0.0884 e. The fraction of sp³-hybridized carbons (Fsp3) is 1.00. The minimum atomic E-state index is -0.483. The Labute approximate surface area is 96.4 Å². The predicted octanol–water partition coefficient (Wildman–Crippen LogP) is 3.07. The SMILES string of the molecule is [B]C([B])(C(C)(C)C)C12CCC3CC31CC2. The van der Waals surface area contributed by atoms with E-state index in [2.05, 4.69) is 20.8 Å². The molecule has 0 aromatic rings. The number of hydrogen-bond donors (Lipinski definition) is 0. The molecule has 0 bridgehead atoms. The van der Waals surface area contributed by atoms with E-state index in [0.29, 0.717) is 5.41 Å². The fourth-order valence-corrected chi connectivity index (χ4v) is 4.74. The smallest absolute Gasteiger partial charge is 0.0635 e. The molecule has 0 N–H and O–H groups in total. The zero-order chi connectivity index (χ0) is 11.1. The van der Waals surface area contributed by atoms with Gasteiger partial charge in [0, 0.05) is 0 Å². The van der Waals surface area contributed by atoms with Crippen LogP contribution in [0.15, 0.2) is 0 Å². The van der Waals surface area contributed by atoms with Gasteiger partial charge in [-0.05, 0) is 54.3 Å². The first-order valence-corrected chi connectivity index (χ1v) is 6.35. The van der Waals surface area contributed by atoms with Crippen molar-refractivity contribution in [2.45, 2.75) is 58.1 Å². The van der Waals surface area contributed by atoms with Gasteiger partial charge < -0.3 is 0 Å². The van der Waals surface area contributed by atoms with Crippen molar-refractivity contribution in [3.05, 3.63) is 0 Å². The van der Waals surface area contributed by atoms with Crippen LogP contribution in [0.2, 0.25) is 5.21 Å². The highest BCUT2D eigenvalue weighted by Gasteiger charge is 2.78. The third kappa shape index (κ3) is 0.861. The van der Waals surface area contributed by atoms with Gasteiger partial charge in [-0.25, -0.2) is 0 Å². The van der Waals surface area contributed by atoms with Gasteiger partial charge in [0.15, 0.2) is 0 Å². The zero-order valence-electron chi connectivity index (χ0n) is 10.3. The summed E-state index contributed by atoms with van der Waals surface area (Å²) in [6.07, 6.45) is 6.74. The van der Waals surface area contributed by atoms with E-state index in [9.17, 15) is 0 Å². The summed E-state index contributed by atoms with van der Waals surface area (Å²) < 4.78 is 0. The van der Waals surface area contributed by atoms with Gasteiger partial charge in [-0.15, -0.1) is 0 Å². The summed E-state index contributed by atoms with van der Waals surface area (Å²) in [6.45, 7) is 6.59. The Kier molecular flexibility index (Phi) is 1.62. The molecule has 3 aliphatic carbocycles. The van der Waals surface area contributed by atoms with Gasteiger partial charge in [0.2, 0.25) is 0 Å². The Balaban J connectivity index is 2.01. The fourth-order valence-electron chi connectivity index (χ4n) is 4.74. The molecular formula is C13H20B2. The highest BCUT2D eigenvalue weighted by atomic mass is 14.8. The van der Waals surface area contributed by atoms with E-state index in [1.54, 1.807) is 0 Å². The molecular weight excluding hydrogens is 178 g/mol. The van der Waals surface area contributed by atoms with Crippen LogP contribution in [0.25, 0.3) is 0 Å². The van der Waals surface area contributed by atoms with Crippen molar-refractivity contribution in [3.8, 4) is 0 Å². The first-order valence-electron chi connectivity index (χ1n) is 6.35. The first kappa shape index (κ1) is 10.3. The zero-order valence-corrected chi connectivity index (χ0v) is 10.3. The molecule has 3 aliphatic rings. The van der Waals surface area contributed by atoms with Gasteiger partial charge in [0.1, 0.15) is 0 Å². The lowest BCUT2D eigenvalue weighted by atomic mass is 9.27. The van der Waals surface area contributed by atoms with Crippen LogP contribution in [0.4, 0.5) is 0 Å². The van der Waals surface area contributed by atoms with E-state index in [-0.39, 0.29) is 10.8 Å². The maximum atomic E-state index is 6.56. The topological polar surface area (TPSA) is 0 Å². The second-order valence-electron chi connectivity index (χ2n) is 7.30. The van der Waals surface area contributed by atoms with Gasteiger partial charge in [0.05, 0.1) is 15.7 Å². The van der Waals surface area contributed by atoms with Crippen molar-refractivity contribution in [1.82, 2.24) is 0 Å². The summed E-state index contributed by atoms with van der Waals surface area (Å²) in [6, 6.07) is 0. The first-order chi connectivity index (χ1) is 6.77. The van der Waals surface area contributed by atoms with Gasteiger partial charge in [-0.1, -0.05) is 26.0 Å². The van der Waals surface area contributed by atoms with Crippen LogP contribution in [-0.2, 0) is 0 Å². The van der Waals surface area contributed by atoms with Crippen LogP contribution in [-0.4, -0.2) is 15.7 Å². The summed E-state index contributed by atoms with van der Waals surface area (Å²) in [5, 5.41) is -0.483. The standard InChI is InChI=1S/C13H20B2/c1-10(2,3)13(14,15)12-5-4-9-8-11(9,12)6-7-12/h9H,4-8H2,1-3H3. The molecule has 0 amide bonds. The van der Waals surface area contributed by atoms with Crippen molar-refractivity contribution in [2.24, 2.45) is 22.2 Å². The molecule has 3 fully saturated rings. The minimum absolute atomic E-state index is 0.0118. The van der Waals surface area contributed by atoms with Crippen LogP contribution in [0, 0.1) is 22.2 Å². The van der Waals surface area contributed by atoms with E-state index < -0.39 is 5.21 Å². The van der Waals surface area contributed by atoms with Gasteiger partial charge in [-0.2, -0.15) is 0 Å². The molecule has 0 aromatic heterocycles. The summed E-state index contributed by atoms with van der Waals surface area (Å²) in [5.41, 5.74) is 0.880. The average molecular weight is 198 g/mol. The summed E-state index contributed by atoms with van der Waals surface area (Å²) in [4.78, 5) is 0. The Morgan fingerprint density at radius 1 is 1.07 bits per heavy atom. The maximum Gasteiger partial charge on any atom is 0.0635 e. The molecule has 0 nitrogen and oxygen atoms in total.